The standard InChI is InChI=1S/C16H20O4/c1-10-8-16(2,15(17)20-5)9-11-6-13(18-3)14(19-4)7-12(10)11/h6-8H,9H2,1-5H3/t16-/m1/s1. The molecule has 4 nitrogen and oxygen atoms in total. The quantitative estimate of drug-likeness (QED) is 0.796. The molecule has 0 fully saturated rings. The second kappa shape index (κ2) is 5.19. The molecule has 1 aromatic rings. The summed E-state index contributed by atoms with van der Waals surface area (Å²) >= 11 is 0. The van der Waals surface area contributed by atoms with E-state index in [2.05, 4.69) is 0 Å². The number of fused-ring (bicyclic) bond motifs is 1. The fourth-order valence-corrected chi connectivity index (χ4v) is 2.80. The van der Waals surface area contributed by atoms with E-state index in [0.29, 0.717) is 17.9 Å². The summed E-state index contributed by atoms with van der Waals surface area (Å²) in [5.74, 6) is 1.14. The normalized spacial score (nSPS) is 20.8. The zero-order valence-corrected chi connectivity index (χ0v) is 12.6. The van der Waals surface area contributed by atoms with Crippen LogP contribution in [0, 0.1) is 5.41 Å². The van der Waals surface area contributed by atoms with Crippen LogP contribution < -0.4 is 9.47 Å². The third kappa shape index (κ3) is 2.26. The zero-order chi connectivity index (χ0) is 14.9. The van der Waals surface area contributed by atoms with E-state index in [1.54, 1.807) is 14.2 Å². The first-order chi connectivity index (χ1) is 9.45. The van der Waals surface area contributed by atoms with Crippen LogP contribution in [-0.2, 0) is 16.0 Å². The zero-order valence-electron chi connectivity index (χ0n) is 12.6. The van der Waals surface area contributed by atoms with Gasteiger partial charge in [-0.15, -0.1) is 0 Å². The van der Waals surface area contributed by atoms with Crippen molar-refractivity contribution in [1.29, 1.82) is 0 Å². The van der Waals surface area contributed by atoms with Crippen LogP contribution >= 0.6 is 0 Å². The summed E-state index contributed by atoms with van der Waals surface area (Å²) in [6.45, 7) is 3.88. The summed E-state index contributed by atoms with van der Waals surface area (Å²) in [6.07, 6.45) is 2.56. The topological polar surface area (TPSA) is 44.8 Å². The molecule has 1 aliphatic carbocycles. The number of benzene rings is 1. The van der Waals surface area contributed by atoms with E-state index < -0.39 is 5.41 Å². The maximum Gasteiger partial charge on any atom is 0.315 e. The van der Waals surface area contributed by atoms with Gasteiger partial charge in [0.25, 0.3) is 0 Å². The number of hydrogen-bond donors (Lipinski definition) is 0. The molecule has 0 N–H and O–H groups in total. The minimum Gasteiger partial charge on any atom is -0.493 e. The Kier molecular flexibility index (Phi) is 3.75. The Balaban J connectivity index is 2.54. The average molecular weight is 276 g/mol. The average Bonchev–Trinajstić information content (AvgIpc) is 2.44. The molecule has 0 saturated heterocycles. The molecular formula is C16H20O4. The maximum atomic E-state index is 12.0. The highest BCUT2D eigenvalue weighted by Gasteiger charge is 2.36. The number of rotatable bonds is 3. The molecule has 1 aromatic carbocycles. The van der Waals surface area contributed by atoms with Crippen molar-refractivity contribution in [2.45, 2.75) is 20.3 Å². The highest BCUT2D eigenvalue weighted by Crippen LogP contribution is 2.42. The highest BCUT2D eigenvalue weighted by atomic mass is 16.5. The molecule has 1 aliphatic rings. The van der Waals surface area contributed by atoms with Gasteiger partial charge in [-0.1, -0.05) is 6.08 Å². The Hall–Kier alpha value is -1.97. The number of carbonyl (C=O) groups is 1. The second-order valence-corrected chi connectivity index (χ2v) is 5.28. The molecule has 0 spiro atoms. The van der Waals surface area contributed by atoms with Gasteiger partial charge in [0.2, 0.25) is 0 Å². The summed E-state index contributed by atoms with van der Waals surface area (Å²) in [5.41, 5.74) is 2.56. The van der Waals surface area contributed by atoms with E-state index in [0.717, 1.165) is 16.7 Å². The van der Waals surface area contributed by atoms with Gasteiger partial charge in [0.05, 0.1) is 26.7 Å². The van der Waals surface area contributed by atoms with Crippen molar-refractivity contribution in [2.24, 2.45) is 5.41 Å². The molecule has 0 aliphatic heterocycles. The van der Waals surface area contributed by atoms with Crippen LogP contribution in [0.25, 0.3) is 5.57 Å². The molecule has 1 atom stereocenters. The molecule has 0 saturated carbocycles. The van der Waals surface area contributed by atoms with Crippen molar-refractivity contribution in [1.82, 2.24) is 0 Å². The van der Waals surface area contributed by atoms with Crippen molar-refractivity contribution in [2.75, 3.05) is 21.3 Å². The summed E-state index contributed by atoms with van der Waals surface area (Å²) < 4.78 is 15.6. The van der Waals surface area contributed by atoms with Gasteiger partial charge in [0.15, 0.2) is 11.5 Å². The Morgan fingerprint density at radius 3 is 2.30 bits per heavy atom. The van der Waals surface area contributed by atoms with Gasteiger partial charge in [-0.2, -0.15) is 0 Å². The van der Waals surface area contributed by atoms with Gasteiger partial charge in [-0.25, -0.2) is 0 Å². The molecule has 2 rings (SSSR count). The van der Waals surface area contributed by atoms with E-state index in [1.165, 1.54) is 7.11 Å². The third-order valence-electron chi connectivity index (χ3n) is 3.78. The van der Waals surface area contributed by atoms with E-state index in [4.69, 9.17) is 14.2 Å². The van der Waals surface area contributed by atoms with Crippen LogP contribution in [-0.4, -0.2) is 27.3 Å². The molecule has 0 bridgehead atoms. The van der Waals surface area contributed by atoms with Crippen LogP contribution in [0.2, 0.25) is 0 Å². The first-order valence-corrected chi connectivity index (χ1v) is 6.48. The van der Waals surface area contributed by atoms with E-state index in [9.17, 15) is 4.79 Å². The predicted octanol–water partition coefficient (Wildman–Crippen LogP) is 2.84. The van der Waals surface area contributed by atoms with E-state index in [1.807, 2.05) is 32.1 Å². The lowest BCUT2D eigenvalue weighted by molar-refractivity contribution is -0.148. The van der Waals surface area contributed by atoms with Gasteiger partial charge in [-0.3, -0.25) is 4.79 Å². The van der Waals surface area contributed by atoms with Crippen molar-refractivity contribution in [3.05, 3.63) is 29.3 Å². The lowest BCUT2D eigenvalue weighted by atomic mass is 9.75. The molecule has 0 unspecified atom stereocenters. The third-order valence-corrected chi connectivity index (χ3v) is 3.78. The van der Waals surface area contributed by atoms with E-state index >= 15 is 0 Å². The monoisotopic (exact) mass is 276 g/mol. The Bertz CT molecular complexity index is 574. The summed E-state index contributed by atoms with van der Waals surface area (Å²) in [7, 11) is 4.64. The van der Waals surface area contributed by atoms with Crippen molar-refractivity contribution >= 4 is 11.5 Å². The number of esters is 1. The molecule has 4 heteroatoms. The number of methoxy groups -OCH3 is 3. The first-order valence-electron chi connectivity index (χ1n) is 6.48. The van der Waals surface area contributed by atoms with Crippen LogP contribution in [0.3, 0.4) is 0 Å². The van der Waals surface area contributed by atoms with Crippen LogP contribution in [0.5, 0.6) is 11.5 Å². The maximum absolute atomic E-state index is 12.0. The van der Waals surface area contributed by atoms with Gasteiger partial charge in [-0.05, 0) is 49.1 Å². The first kappa shape index (κ1) is 14.4. The fraction of sp³-hybridized carbons (Fsp3) is 0.438. The number of hydrogen-bond acceptors (Lipinski definition) is 4. The lowest BCUT2D eigenvalue weighted by Gasteiger charge is -2.30. The Morgan fingerprint density at radius 1 is 1.15 bits per heavy atom. The Morgan fingerprint density at radius 2 is 1.75 bits per heavy atom. The minimum atomic E-state index is -0.633. The van der Waals surface area contributed by atoms with Crippen LogP contribution in [0.1, 0.15) is 25.0 Å². The van der Waals surface area contributed by atoms with Gasteiger partial charge < -0.3 is 14.2 Å². The van der Waals surface area contributed by atoms with Crippen molar-refractivity contribution in [3.8, 4) is 11.5 Å². The summed E-state index contributed by atoms with van der Waals surface area (Å²) in [4.78, 5) is 12.0. The van der Waals surface area contributed by atoms with Gasteiger partial charge >= 0.3 is 5.97 Å². The fourth-order valence-electron chi connectivity index (χ4n) is 2.80. The van der Waals surface area contributed by atoms with Crippen molar-refractivity contribution in [3.63, 3.8) is 0 Å². The molecule has 0 aromatic heterocycles. The minimum absolute atomic E-state index is 0.225. The van der Waals surface area contributed by atoms with E-state index in [-0.39, 0.29) is 5.97 Å². The summed E-state index contributed by atoms with van der Waals surface area (Å²) in [5, 5.41) is 0. The SMILES string of the molecule is COC(=O)[C@]1(C)C=C(C)c2cc(OC)c(OC)cc2C1. The second-order valence-electron chi connectivity index (χ2n) is 5.28. The van der Waals surface area contributed by atoms with Crippen LogP contribution in [0.15, 0.2) is 18.2 Å². The highest BCUT2D eigenvalue weighted by molar-refractivity contribution is 5.85. The number of ether oxygens (including phenoxy) is 3. The molecule has 0 radical (unpaired) electrons. The lowest BCUT2D eigenvalue weighted by Crippen LogP contribution is -2.32. The molecule has 0 amide bonds. The number of carbonyl (C=O) groups excluding carboxylic acids is 1. The van der Waals surface area contributed by atoms with Gasteiger partial charge in [0, 0.05) is 0 Å². The van der Waals surface area contributed by atoms with Crippen LogP contribution in [0.4, 0.5) is 0 Å². The summed E-state index contributed by atoms with van der Waals surface area (Å²) in [6, 6.07) is 3.89. The molecule has 20 heavy (non-hydrogen) atoms. The number of allylic oxidation sites excluding steroid dienone is 1. The molecular weight excluding hydrogens is 256 g/mol. The molecule has 108 valence electrons. The van der Waals surface area contributed by atoms with Crippen molar-refractivity contribution < 1.29 is 19.0 Å². The van der Waals surface area contributed by atoms with Gasteiger partial charge in [0.1, 0.15) is 0 Å². The predicted molar refractivity (Wildman–Crippen MR) is 77.0 cm³/mol. The largest absolute Gasteiger partial charge is 0.493 e. The smallest absolute Gasteiger partial charge is 0.315 e. The Labute approximate surface area is 119 Å². The molecule has 0 heterocycles.